The molecule has 0 saturated carbocycles. The van der Waals surface area contributed by atoms with Crippen LogP contribution < -0.4 is 19.3 Å². The molecule has 5 rings (SSSR count). The Morgan fingerprint density at radius 2 is 1.71 bits per heavy atom. The van der Waals surface area contributed by atoms with Crippen molar-refractivity contribution in [3.63, 3.8) is 0 Å². The topological polar surface area (TPSA) is 96.0 Å². The van der Waals surface area contributed by atoms with Crippen molar-refractivity contribution >= 4 is 33.2 Å². The van der Waals surface area contributed by atoms with E-state index < -0.39 is 22.0 Å². The van der Waals surface area contributed by atoms with Crippen molar-refractivity contribution in [1.82, 2.24) is 5.32 Å². The van der Waals surface area contributed by atoms with Crippen molar-refractivity contribution in [3.05, 3.63) is 83.9 Å². The number of likely N-dealkylation sites (N-methyl/N-ethyl adjacent to an activating group) is 1. The molecule has 2 heterocycles. The highest BCUT2D eigenvalue weighted by molar-refractivity contribution is 7.92. The van der Waals surface area contributed by atoms with E-state index in [1.807, 2.05) is 18.2 Å². The lowest BCUT2D eigenvalue weighted by atomic mass is 10.1. The van der Waals surface area contributed by atoms with Crippen LogP contribution in [0.4, 0.5) is 11.4 Å². The smallest absolute Gasteiger partial charge is 0.264 e. The number of para-hydroxylation sites is 3. The van der Waals surface area contributed by atoms with Crippen molar-refractivity contribution in [2.24, 2.45) is 0 Å². The molecule has 2 aliphatic heterocycles. The minimum Gasteiger partial charge on any atom is -0.477 e. The largest absolute Gasteiger partial charge is 0.477 e. The first-order valence-corrected chi connectivity index (χ1v) is 12.3. The molecule has 1 N–H and O–H groups in total. The number of nitrogens with one attached hydrogen (secondary N) is 1. The van der Waals surface area contributed by atoms with E-state index >= 15 is 0 Å². The Morgan fingerprint density at radius 1 is 0.971 bits per heavy atom. The second-order valence-corrected chi connectivity index (χ2v) is 9.95. The minimum absolute atomic E-state index is 0.00595. The Kier molecular flexibility index (Phi) is 5.49. The van der Waals surface area contributed by atoms with Crippen molar-refractivity contribution in [2.45, 2.75) is 17.4 Å². The lowest BCUT2D eigenvalue weighted by Gasteiger charge is -2.34. The van der Waals surface area contributed by atoms with Crippen LogP contribution in [0.15, 0.2) is 77.7 Å². The Labute approximate surface area is 197 Å². The Bertz CT molecular complexity index is 1390. The van der Waals surface area contributed by atoms with Crippen LogP contribution >= 0.6 is 0 Å². The summed E-state index contributed by atoms with van der Waals surface area (Å²) in [7, 11) is -2.35. The molecule has 0 spiro atoms. The van der Waals surface area contributed by atoms with Gasteiger partial charge < -0.3 is 15.0 Å². The van der Waals surface area contributed by atoms with Crippen LogP contribution in [-0.2, 0) is 21.2 Å². The molecule has 34 heavy (non-hydrogen) atoms. The van der Waals surface area contributed by atoms with Crippen LogP contribution in [0.2, 0.25) is 0 Å². The molecule has 8 nitrogen and oxygen atoms in total. The number of ether oxygens (including phenoxy) is 1. The number of amides is 2. The van der Waals surface area contributed by atoms with Gasteiger partial charge in [0.2, 0.25) is 0 Å². The number of fused-ring (bicyclic) bond motifs is 2. The number of nitrogens with zero attached hydrogens (tertiary/aromatic N) is 2. The fourth-order valence-electron chi connectivity index (χ4n) is 4.35. The highest BCUT2D eigenvalue weighted by atomic mass is 32.2. The van der Waals surface area contributed by atoms with Crippen molar-refractivity contribution in [1.29, 1.82) is 0 Å². The summed E-state index contributed by atoms with van der Waals surface area (Å²) in [5, 5.41) is 2.55. The van der Waals surface area contributed by atoms with Gasteiger partial charge in [-0.25, -0.2) is 8.42 Å². The van der Waals surface area contributed by atoms with E-state index in [1.165, 1.54) is 28.4 Å². The van der Waals surface area contributed by atoms with Crippen LogP contribution in [0.5, 0.6) is 5.75 Å². The van der Waals surface area contributed by atoms with E-state index in [0.717, 1.165) is 5.56 Å². The summed E-state index contributed by atoms with van der Waals surface area (Å²) in [5.41, 5.74) is 2.37. The normalized spacial score (nSPS) is 16.9. The maximum absolute atomic E-state index is 13.5. The van der Waals surface area contributed by atoms with Gasteiger partial charge in [0.05, 0.1) is 22.8 Å². The van der Waals surface area contributed by atoms with E-state index in [4.69, 9.17) is 4.74 Å². The third-order valence-corrected chi connectivity index (χ3v) is 7.88. The highest BCUT2D eigenvalue weighted by Gasteiger charge is 2.35. The summed E-state index contributed by atoms with van der Waals surface area (Å²) >= 11 is 0. The van der Waals surface area contributed by atoms with E-state index in [-0.39, 0.29) is 22.9 Å². The maximum Gasteiger partial charge on any atom is 0.264 e. The molecule has 0 saturated heterocycles. The summed E-state index contributed by atoms with van der Waals surface area (Å²) < 4.78 is 34.1. The lowest BCUT2D eigenvalue weighted by molar-refractivity contribution is -0.127. The zero-order chi connectivity index (χ0) is 23.9. The second-order valence-electron chi connectivity index (χ2n) is 8.09. The SMILES string of the molecule is CNC(=O)[C@@H]1CN(C(=O)c2cccc(S(=O)(=O)N3CCc4ccccc43)c2)c2ccccc2O1. The lowest BCUT2D eigenvalue weighted by Crippen LogP contribution is -2.50. The molecule has 0 aromatic heterocycles. The molecule has 3 aromatic rings. The van der Waals surface area contributed by atoms with Crippen LogP contribution in [-0.4, -0.2) is 46.5 Å². The number of anilines is 2. The summed E-state index contributed by atoms with van der Waals surface area (Å²) in [4.78, 5) is 27.3. The number of carbonyl (C=O) groups is 2. The molecule has 0 bridgehead atoms. The van der Waals surface area contributed by atoms with E-state index in [9.17, 15) is 18.0 Å². The Hall–Kier alpha value is -3.85. The van der Waals surface area contributed by atoms with Gasteiger partial charge in [-0.15, -0.1) is 0 Å². The average Bonchev–Trinajstić information content (AvgIpc) is 3.32. The predicted molar refractivity (Wildman–Crippen MR) is 128 cm³/mol. The van der Waals surface area contributed by atoms with E-state index in [0.29, 0.717) is 30.1 Å². The predicted octanol–water partition coefficient (Wildman–Crippen LogP) is 2.59. The summed E-state index contributed by atoms with van der Waals surface area (Å²) in [6.45, 7) is 0.358. The summed E-state index contributed by atoms with van der Waals surface area (Å²) in [6, 6.07) is 20.4. The molecule has 3 aromatic carbocycles. The molecular formula is C25H23N3O5S. The van der Waals surface area contributed by atoms with Gasteiger partial charge in [0.25, 0.3) is 21.8 Å². The minimum atomic E-state index is -3.85. The van der Waals surface area contributed by atoms with Gasteiger partial charge in [-0.1, -0.05) is 36.4 Å². The Morgan fingerprint density at radius 3 is 2.50 bits per heavy atom. The zero-order valence-corrected chi connectivity index (χ0v) is 19.3. The van der Waals surface area contributed by atoms with Crippen LogP contribution in [0, 0.1) is 0 Å². The van der Waals surface area contributed by atoms with E-state index in [2.05, 4.69) is 5.32 Å². The van der Waals surface area contributed by atoms with Gasteiger partial charge in [0.1, 0.15) is 5.75 Å². The van der Waals surface area contributed by atoms with Gasteiger partial charge in [-0.2, -0.15) is 0 Å². The second kappa shape index (κ2) is 8.49. The first-order chi connectivity index (χ1) is 16.4. The number of sulfonamides is 1. The zero-order valence-electron chi connectivity index (χ0n) is 18.5. The van der Waals surface area contributed by atoms with Gasteiger partial charge >= 0.3 is 0 Å². The molecule has 0 fully saturated rings. The number of hydrogen-bond acceptors (Lipinski definition) is 5. The molecule has 2 amide bonds. The third kappa shape index (κ3) is 3.67. The molecule has 1 atom stereocenters. The van der Waals surface area contributed by atoms with Crippen LogP contribution in [0.1, 0.15) is 15.9 Å². The number of rotatable bonds is 4. The fraction of sp³-hybridized carbons (Fsp3) is 0.200. The number of benzene rings is 3. The molecule has 174 valence electrons. The third-order valence-electron chi connectivity index (χ3n) is 6.07. The first-order valence-electron chi connectivity index (χ1n) is 10.9. The molecule has 9 heteroatoms. The van der Waals surface area contributed by atoms with Gasteiger partial charge in [-0.3, -0.25) is 13.9 Å². The summed E-state index contributed by atoms with van der Waals surface area (Å²) in [5.74, 6) is -0.354. The quantitative estimate of drug-likeness (QED) is 0.623. The standard InChI is InChI=1S/C25H23N3O5S/c1-26-24(29)23-16-27(21-11-4-5-12-22(21)33-23)25(30)18-8-6-9-19(15-18)34(31,32)28-14-13-17-7-2-3-10-20(17)28/h2-12,15,23H,13-14,16H2,1H3,(H,26,29)/t23-/m0/s1. The number of carbonyl (C=O) groups excluding carboxylic acids is 2. The van der Waals surface area contributed by atoms with Gasteiger partial charge in [0, 0.05) is 19.2 Å². The molecule has 2 aliphatic rings. The average molecular weight is 478 g/mol. The summed E-state index contributed by atoms with van der Waals surface area (Å²) in [6.07, 6.45) is -0.240. The van der Waals surface area contributed by atoms with Crippen molar-refractivity contribution in [3.8, 4) is 5.75 Å². The van der Waals surface area contributed by atoms with Crippen molar-refractivity contribution in [2.75, 3.05) is 29.3 Å². The Balaban J connectivity index is 1.49. The fourth-order valence-corrected chi connectivity index (χ4v) is 5.90. The monoisotopic (exact) mass is 477 g/mol. The van der Waals surface area contributed by atoms with Gasteiger partial charge in [-0.05, 0) is 48.4 Å². The molecule has 0 unspecified atom stereocenters. The molecular weight excluding hydrogens is 454 g/mol. The van der Waals surface area contributed by atoms with E-state index in [1.54, 1.807) is 42.5 Å². The van der Waals surface area contributed by atoms with Crippen molar-refractivity contribution < 1.29 is 22.7 Å². The van der Waals surface area contributed by atoms with Crippen LogP contribution in [0.25, 0.3) is 0 Å². The molecule has 0 aliphatic carbocycles. The van der Waals surface area contributed by atoms with Gasteiger partial charge in [0.15, 0.2) is 6.10 Å². The number of hydrogen-bond donors (Lipinski definition) is 1. The first kappa shape index (κ1) is 22.0. The van der Waals surface area contributed by atoms with Crippen LogP contribution in [0.3, 0.4) is 0 Å². The maximum atomic E-state index is 13.5. The molecule has 0 radical (unpaired) electrons. The highest BCUT2D eigenvalue weighted by Crippen LogP contribution is 2.35.